The fraction of sp³-hybridized carbons (Fsp3) is 0.706. The molecule has 4 unspecified atom stereocenters. The van der Waals surface area contributed by atoms with E-state index in [2.05, 4.69) is 25.8 Å². The van der Waals surface area contributed by atoms with Crippen LogP contribution in [0, 0.1) is 11.8 Å². The van der Waals surface area contributed by atoms with Crippen LogP contribution in [0.3, 0.4) is 0 Å². The van der Waals surface area contributed by atoms with Crippen LogP contribution in [0.4, 0.5) is 0 Å². The summed E-state index contributed by atoms with van der Waals surface area (Å²) in [6, 6.07) is 4.09. The lowest BCUT2D eigenvalue weighted by molar-refractivity contribution is -0.0611. The van der Waals surface area contributed by atoms with Gasteiger partial charge in [-0.2, -0.15) is 0 Å². The van der Waals surface area contributed by atoms with E-state index in [1.165, 1.54) is 6.42 Å². The number of hydrogen-bond donors (Lipinski definition) is 1. The minimum Gasteiger partial charge on any atom is -0.369 e. The number of ether oxygens (including phenoxy) is 1. The minimum atomic E-state index is -0.00880. The van der Waals surface area contributed by atoms with Gasteiger partial charge in [0.25, 0.3) is 0 Å². The molecule has 1 aromatic heterocycles. The Morgan fingerprint density at radius 3 is 2.35 bits per heavy atom. The van der Waals surface area contributed by atoms with Crippen LogP contribution in [0.25, 0.3) is 0 Å². The van der Waals surface area contributed by atoms with Crippen molar-refractivity contribution in [3.8, 4) is 0 Å². The third-order valence-electron chi connectivity index (χ3n) is 4.37. The smallest absolute Gasteiger partial charge is 0.0980 e. The van der Waals surface area contributed by atoms with E-state index in [4.69, 9.17) is 10.5 Å². The van der Waals surface area contributed by atoms with E-state index >= 15 is 0 Å². The van der Waals surface area contributed by atoms with Gasteiger partial charge in [-0.25, -0.2) is 0 Å². The number of hydrogen-bond acceptors (Lipinski definition) is 3. The van der Waals surface area contributed by atoms with Crippen molar-refractivity contribution < 1.29 is 4.74 Å². The van der Waals surface area contributed by atoms with Crippen molar-refractivity contribution in [3.63, 3.8) is 0 Å². The zero-order chi connectivity index (χ0) is 14.5. The zero-order valence-corrected chi connectivity index (χ0v) is 13.0. The summed E-state index contributed by atoms with van der Waals surface area (Å²) >= 11 is 0. The molecule has 1 aliphatic rings. The van der Waals surface area contributed by atoms with E-state index in [0.717, 1.165) is 36.7 Å². The number of aromatic nitrogens is 1. The monoisotopic (exact) mass is 276 g/mol. The molecule has 112 valence electrons. The van der Waals surface area contributed by atoms with Crippen LogP contribution in [-0.4, -0.2) is 17.1 Å². The molecule has 2 N–H and O–H groups in total. The van der Waals surface area contributed by atoms with Gasteiger partial charge in [0.1, 0.15) is 0 Å². The third kappa shape index (κ3) is 4.03. The Labute approximate surface area is 122 Å². The van der Waals surface area contributed by atoms with E-state index in [0.29, 0.717) is 6.10 Å². The second kappa shape index (κ2) is 7.19. The summed E-state index contributed by atoms with van der Waals surface area (Å²) in [6.45, 7) is 6.77. The molecule has 20 heavy (non-hydrogen) atoms. The summed E-state index contributed by atoms with van der Waals surface area (Å²) in [5, 5.41) is 0. The van der Waals surface area contributed by atoms with Crippen LogP contribution in [0.2, 0.25) is 0 Å². The molecule has 4 atom stereocenters. The van der Waals surface area contributed by atoms with Crippen molar-refractivity contribution in [1.29, 1.82) is 0 Å². The normalized spacial score (nSPS) is 29.9. The van der Waals surface area contributed by atoms with E-state index in [1.54, 1.807) is 0 Å². The number of rotatable bonds is 5. The van der Waals surface area contributed by atoms with Gasteiger partial charge >= 0.3 is 0 Å². The van der Waals surface area contributed by atoms with Crippen molar-refractivity contribution in [2.24, 2.45) is 17.6 Å². The average Bonchev–Trinajstić information content (AvgIpc) is 2.44. The van der Waals surface area contributed by atoms with Gasteiger partial charge in [-0.15, -0.1) is 0 Å². The maximum atomic E-state index is 6.42. The van der Waals surface area contributed by atoms with Gasteiger partial charge in [-0.3, -0.25) is 4.98 Å². The highest BCUT2D eigenvalue weighted by Crippen LogP contribution is 2.34. The minimum absolute atomic E-state index is 0.00880. The molecule has 3 heteroatoms. The molecule has 1 fully saturated rings. The Balaban J connectivity index is 2.08. The van der Waals surface area contributed by atoms with E-state index in [1.807, 2.05) is 24.5 Å². The lowest BCUT2D eigenvalue weighted by Gasteiger charge is -2.35. The Kier molecular flexibility index (Phi) is 5.55. The number of nitrogens with zero attached hydrogens (tertiary/aromatic N) is 1. The Morgan fingerprint density at radius 2 is 1.80 bits per heavy atom. The first kappa shape index (κ1) is 15.5. The lowest BCUT2D eigenvalue weighted by Crippen LogP contribution is -2.35. The molecule has 0 aromatic carbocycles. The molecule has 0 bridgehead atoms. The van der Waals surface area contributed by atoms with Gasteiger partial charge in [0.2, 0.25) is 0 Å². The average molecular weight is 276 g/mol. The summed E-state index contributed by atoms with van der Waals surface area (Å²) in [7, 11) is 0. The van der Waals surface area contributed by atoms with Crippen LogP contribution in [0.5, 0.6) is 0 Å². The van der Waals surface area contributed by atoms with E-state index in [-0.39, 0.29) is 12.1 Å². The summed E-state index contributed by atoms with van der Waals surface area (Å²) in [5.41, 5.74) is 7.44. The molecule has 1 heterocycles. The van der Waals surface area contributed by atoms with Gasteiger partial charge in [-0.05, 0) is 55.2 Å². The van der Waals surface area contributed by atoms with Gasteiger partial charge in [0.05, 0.1) is 12.2 Å². The van der Waals surface area contributed by atoms with Crippen LogP contribution in [-0.2, 0) is 4.74 Å². The highest BCUT2D eigenvalue weighted by molar-refractivity contribution is 5.15. The predicted molar refractivity (Wildman–Crippen MR) is 82.3 cm³/mol. The van der Waals surface area contributed by atoms with E-state index in [9.17, 15) is 0 Å². The maximum absolute atomic E-state index is 6.42. The summed E-state index contributed by atoms with van der Waals surface area (Å²) in [6.07, 6.45) is 8.52. The fourth-order valence-electron chi connectivity index (χ4n) is 3.39. The third-order valence-corrected chi connectivity index (χ3v) is 4.37. The Hall–Kier alpha value is -0.930. The Morgan fingerprint density at radius 1 is 1.20 bits per heavy atom. The molecular weight excluding hydrogens is 248 g/mol. The molecule has 0 radical (unpaired) electrons. The fourth-order valence-corrected chi connectivity index (χ4v) is 3.39. The molecule has 3 nitrogen and oxygen atoms in total. The predicted octanol–water partition coefficient (Wildman–Crippen LogP) is 3.70. The van der Waals surface area contributed by atoms with Crippen molar-refractivity contribution >= 4 is 0 Å². The van der Waals surface area contributed by atoms with Gasteiger partial charge < -0.3 is 10.5 Å². The standard InChI is InChI=1S/C17H28N2O/c1-4-16(18)17(14-5-7-19-8-6-14)20-15-10-12(2)9-13(3)11-15/h5-8,12-13,15-17H,4,9-11,18H2,1-3H3. The topological polar surface area (TPSA) is 48.1 Å². The van der Waals surface area contributed by atoms with E-state index < -0.39 is 0 Å². The van der Waals surface area contributed by atoms with Crippen molar-refractivity contribution in [1.82, 2.24) is 4.98 Å². The second-order valence-corrected chi connectivity index (χ2v) is 6.45. The molecule has 1 aliphatic carbocycles. The van der Waals surface area contributed by atoms with Gasteiger partial charge in [-0.1, -0.05) is 20.8 Å². The first-order valence-electron chi connectivity index (χ1n) is 7.91. The zero-order valence-electron chi connectivity index (χ0n) is 13.0. The summed E-state index contributed by atoms with van der Waals surface area (Å²) < 4.78 is 6.42. The first-order valence-corrected chi connectivity index (χ1v) is 7.91. The first-order chi connectivity index (χ1) is 9.60. The summed E-state index contributed by atoms with van der Waals surface area (Å²) in [5.74, 6) is 1.50. The van der Waals surface area contributed by atoms with Crippen LogP contribution in [0.1, 0.15) is 58.1 Å². The van der Waals surface area contributed by atoms with Crippen molar-refractivity contribution in [2.75, 3.05) is 0 Å². The van der Waals surface area contributed by atoms with Crippen LogP contribution < -0.4 is 5.73 Å². The van der Waals surface area contributed by atoms with Gasteiger partial charge in [0, 0.05) is 18.4 Å². The quantitative estimate of drug-likeness (QED) is 0.892. The molecule has 0 saturated heterocycles. The molecule has 0 amide bonds. The Bertz CT molecular complexity index is 385. The lowest BCUT2D eigenvalue weighted by atomic mass is 9.81. The maximum Gasteiger partial charge on any atom is 0.0980 e. The van der Waals surface area contributed by atoms with Gasteiger partial charge in [0.15, 0.2) is 0 Å². The molecule has 0 spiro atoms. The molecule has 0 aliphatic heterocycles. The molecule has 1 saturated carbocycles. The number of pyridine rings is 1. The highest BCUT2D eigenvalue weighted by atomic mass is 16.5. The largest absolute Gasteiger partial charge is 0.369 e. The van der Waals surface area contributed by atoms with Crippen molar-refractivity contribution in [2.45, 2.75) is 64.7 Å². The van der Waals surface area contributed by atoms with Crippen LogP contribution in [0.15, 0.2) is 24.5 Å². The SMILES string of the molecule is CCC(N)C(OC1CC(C)CC(C)C1)c1ccncc1. The molecule has 2 rings (SSSR count). The molecule has 1 aromatic rings. The second-order valence-electron chi connectivity index (χ2n) is 6.45. The highest BCUT2D eigenvalue weighted by Gasteiger charge is 2.29. The number of nitrogens with two attached hydrogens (primary N) is 1. The van der Waals surface area contributed by atoms with Crippen LogP contribution >= 0.6 is 0 Å². The van der Waals surface area contributed by atoms with Crippen molar-refractivity contribution in [3.05, 3.63) is 30.1 Å². The summed E-state index contributed by atoms with van der Waals surface area (Å²) in [4.78, 5) is 4.09. The molecular formula is C17H28N2O.